The summed E-state index contributed by atoms with van der Waals surface area (Å²) in [6.07, 6.45) is 0.847. The van der Waals surface area contributed by atoms with Crippen LogP contribution >= 0.6 is 0 Å². The van der Waals surface area contributed by atoms with E-state index in [0.717, 1.165) is 39.3 Å². The number of rotatable bonds is 9. The van der Waals surface area contributed by atoms with Crippen molar-refractivity contribution in [3.8, 4) is 5.75 Å². The van der Waals surface area contributed by atoms with Gasteiger partial charge in [-0.3, -0.25) is 19.8 Å². The molecule has 1 amide bonds. The number of nitrogens with one attached hydrogen (secondary N) is 1. The lowest BCUT2D eigenvalue weighted by molar-refractivity contribution is -0.386. The number of hydrogen-bond acceptors (Lipinski definition) is 7. The first kappa shape index (κ1) is 19.8. The SMILES string of the molecule is O=C(NCCCN1CCOCC1)c1ccc(COc2ccccc2[N+](=O)[O-])o1. The van der Waals surface area contributed by atoms with Crippen molar-refractivity contribution >= 4 is 11.6 Å². The normalized spacial score (nSPS) is 14.6. The molecule has 28 heavy (non-hydrogen) atoms. The highest BCUT2D eigenvalue weighted by Crippen LogP contribution is 2.26. The van der Waals surface area contributed by atoms with Crippen molar-refractivity contribution in [1.29, 1.82) is 0 Å². The molecule has 150 valence electrons. The molecule has 1 aliphatic heterocycles. The molecule has 3 rings (SSSR count). The first-order chi connectivity index (χ1) is 13.6. The molecule has 0 saturated carbocycles. The summed E-state index contributed by atoms with van der Waals surface area (Å²) in [6.45, 7) is 4.83. The molecule has 0 atom stereocenters. The molecule has 1 saturated heterocycles. The van der Waals surface area contributed by atoms with Crippen LogP contribution in [-0.4, -0.2) is 55.1 Å². The fourth-order valence-electron chi connectivity index (χ4n) is 2.87. The zero-order valence-corrected chi connectivity index (χ0v) is 15.5. The van der Waals surface area contributed by atoms with Crippen LogP contribution in [-0.2, 0) is 11.3 Å². The first-order valence-electron chi connectivity index (χ1n) is 9.17. The lowest BCUT2D eigenvalue weighted by atomic mass is 10.3. The van der Waals surface area contributed by atoms with E-state index in [0.29, 0.717) is 12.3 Å². The van der Waals surface area contributed by atoms with Gasteiger partial charge in [0.05, 0.1) is 18.1 Å². The topological polar surface area (TPSA) is 107 Å². The molecule has 0 bridgehead atoms. The fraction of sp³-hybridized carbons (Fsp3) is 0.421. The van der Waals surface area contributed by atoms with E-state index in [1.807, 2.05) is 0 Å². The highest BCUT2D eigenvalue weighted by Gasteiger charge is 2.16. The zero-order chi connectivity index (χ0) is 19.8. The fourth-order valence-corrected chi connectivity index (χ4v) is 2.87. The summed E-state index contributed by atoms with van der Waals surface area (Å²) in [5.41, 5.74) is -0.118. The summed E-state index contributed by atoms with van der Waals surface area (Å²) in [4.78, 5) is 25.0. The Kier molecular flexibility index (Phi) is 6.99. The van der Waals surface area contributed by atoms with Gasteiger partial charge < -0.3 is 19.2 Å². The molecule has 2 heterocycles. The van der Waals surface area contributed by atoms with E-state index in [1.165, 1.54) is 12.1 Å². The number of benzene rings is 1. The van der Waals surface area contributed by atoms with Crippen LogP contribution in [0.2, 0.25) is 0 Å². The van der Waals surface area contributed by atoms with Crippen LogP contribution in [0.5, 0.6) is 5.75 Å². The van der Waals surface area contributed by atoms with Crippen molar-refractivity contribution in [2.75, 3.05) is 39.4 Å². The van der Waals surface area contributed by atoms with E-state index in [2.05, 4.69) is 10.2 Å². The Balaban J connectivity index is 1.43. The van der Waals surface area contributed by atoms with Crippen molar-refractivity contribution in [2.24, 2.45) is 0 Å². The minimum absolute atomic E-state index is 0.00480. The molecule has 1 fully saturated rings. The number of carbonyl (C=O) groups excluding carboxylic acids is 1. The molecule has 0 spiro atoms. The number of morpholine rings is 1. The molecule has 1 aliphatic rings. The van der Waals surface area contributed by atoms with E-state index >= 15 is 0 Å². The van der Waals surface area contributed by atoms with Gasteiger partial charge in [0.15, 0.2) is 11.5 Å². The molecule has 0 aliphatic carbocycles. The second kappa shape index (κ2) is 9.86. The van der Waals surface area contributed by atoms with Crippen LogP contribution in [0.1, 0.15) is 22.7 Å². The van der Waals surface area contributed by atoms with Gasteiger partial charge in [-0.05, 0) is 31.2 Å². The molecule has 9 nitrogen and oxygen atoms in total. The molecule has 0 unspecified atom stereocenters. The minimum atomic E-state index is -0.507. The molecule has 1 aromatic heterocycles. The van der Waals surface area contributed by atoms with Gasteiger partial charge in [0.2, 0.25) is 0 Å². The first-order valence-corrected chi connectivity index (χ1v) is 9.17. The minimum Gasteiger partial charge on any atom is -0.479 e. The van der Waals surface area contributed by atoms with Gasteiger partial charge in [-0.25, -0.2) is 0 Å². The third-order valence-corrected chi connectivity index (χ3v) is 4.36. The van der Waals surface area contributed by atoms with Crippen molar-refractivity contribution in [3.63, 3.8) is 0 Å². The smallest absolute Gasteiger partial charge is 0.310 e. The number of nitrogens with zero attached hydrogens (tertiary/aromatic N) is 2. The van der Waals surface area contributed by atoms with Gasteiger partial charge in [0.1, 0.15) is 12.4 Å². The van der Waals surface area contributed by atoms with E-state index in [-0.39, 0.29) is 29.7 Å². The average Bonchev–Trinajstić information content (AvgIpc) is 3.19. The Morgan fingerprint density at radius 3 is 2.79 bits per heavy atom. The number of carbonyl (C=O) groups is 1. The van der Waals surface area contributed by atoms with Gasteiger partial charge in [0, 0.05) is 25.7 Å². The number of amides is 1. The Labute approximate surface area is 162 Å². The van der Waals surface area contributed by atoms with E-state index in [4.69, 9.17) is 13.9 Å². The van der Waals surface area contributed by atoms with Crippen molar-refractivity contribution in [1.82, 2.24) is 10.2 Å². The third-order valence-electron chi connectivity index (χ3n) is 4.36. The quantitative estimate of drug-likeness (QED) is 0.398. The Morgan fingerprint density at radius 1 is 1.21 bits per heavy atom. The maximum Gasteiger partial charge on any atom is 0.310 e. The number of para-hydroxylation sites is 2. The highest BCUT2D eigenvalue weighted by molar-refractivity contribution is 5.91. The molecule has 9 heteroatoms. The molecular formula is C19H23N3O6. The predicted molar refractivity (Wildman–Crippen MR) is 100 cm³/mol. The van der Waals surface area contributed by atoms with Crippen LogP contribution < -0.4 is 10.1 Å². The van der Waals surface area contributed by atoms with Crippen molar-refractivity contribution in [2.45, 2.75) is 13.0 Å². The standard InChI is InChI=1S/C19H23N3O6/c23-19(20-8-3-9-21-10-12-26-13-11-21)18-7-6-15(28-18)14-27-17-5-2-1-4-16(17)22(24)25/h1-2,4-7H,3,8-14H2,(H,20,23). The van der Waals surface area contributed by atoms with Gasteiger partial charge >= 0.3 is 5.69 Å². The van der Waals surface area contributed by atoms with Crippen LogP contribution in [0.3, 0.4) is 0 Å². The van der Waals surface area contributed by atoms with E-state index in [1.54, 1.807) is 24.3 Å². The summed E-state index contributed by atoms with van der Waals surface area (Å²) < 4.78 is 16.2. The number of ether oxygens (including phenoxy) is 2. The van der Waals surface area contributed by atoms with E-state index < -0.39 is 4.92 Å². The summed E-state index contributed by atoms with van der Waals surface area (Å²) in [5, 5.41) is 13.8. The molecule has 1 aromatic carbocycles. The molecule has 0 radical (unpaired) electrons. The maximum atomic E-state index is 12.2. The molecular weight excluding hydrogens is 366 g/mol. The average molecular weight is 389 g/mol. The summed E-state index contributed by atoms with van der Waals surface area (Å²) >= 11 is 0. The number of nitro groups is 1. The molecule has 1 N–H and O–H groups in total. The van der Waals surface area contributed by atoms with Crippen molar-refractivity contribution in [3.05, 3.63) is 58.0 Å². The monoisotopic (exact) mass is 389 g/mol. The van der Waals surface area contributed by atoms with Gasteiger partial charge in [-0.15, -0.1) is 0 Å². The maximum absolute atomic E-state index is 12.2. The highest BCUT2D eigenvalue weighted by atomic mass is 16.6. The van der Waals surface area contributed by atoms with Gasteiger partial charge in [-0.1, -0.05) is 12.1 Å². The molecule has 2 aromatic rings. The second-order valence-electron chi connectivity index (χ2n) is 6.34. The summed E-state index contributed by atoms with van der Waals surface area (Å²) in [5.74, 6) is 0.459. The Morgan fingerprint density at radius 2 is 2.00 bits per heavy atom. The third kappa shape index (κ3) is 5.54. The largest absolute Gasteiger partial charge is 0.479 e. The predicted octanol–water partition coefficient (Wildman–Crippen LogP) is 2.22. The van der Waals surface area contributed by atoms with Crippen LogP contribution in [0.25, 0.3) is 0 Å². The van der Waals surface area contributed by atoms with Crippen molar-refractivity contribution < 1.29 is 23.6 Å². The van der Waals surface area contributed by atoms with Gasteiger partial charge in [0.25, 0.3) is 5.91 Å². The van der Waals surface area contributed by atoms with E-state index in [9.17, 15) is 14.9 Å². The van der Waals surface area contributed by atoms with Crippen LogP contribution in [0, 0.1) is 10.1 Å². The number of hydrogen-bond donors (Lipinski definition) is 1. The summed E-state index contributed by atoms with van der Waals surface area (Å²) in [6, 6.07) is 9.29. The Bertz CT molecular complexity index is 800. The Hall–Kier alpha value is -2.91. The van der Waals surface area contributed by atoms with Gasteiger partial charge in [-0.2, -0.15) is 0 Å². The number of nitro benzene ring substituents is 1. The lowest BCUT2D eigenvalue weighted by Crippen LogP contribution is -2.38. The van der Waals surface area contributed by atoms with Crippen LogP contribution in [0.4, 0.5) is 5.69 Å². The number of furan rings is 1. The summed E-state index contributed by atoms with van der Waals surface area (Å²) in [7, 11) is 0. The van der Waals surface area contributed by atoms with Crippen LogP contribution in [0.15, 0.2) is 40.8 Å². The zero-order valence-electron chi connectivity index (χ0n) is 15.5. The lowest BCUT2D eigenvalue weighted by Gasteiger charge is -2.26. The second-order valence-corrected chi connectivity index (χ2v) is 6.34.